The minimum atomic E-state index is -4.15. The van der Waals surface area contributed by atoms with Crippen molar-refractivity contribution < 1.29 is 147 Å². The van der Waals surface area contributed by atoms with Gasteiger partial charge in [-0.3, -0.25) is 123 Å². The fraction of sp³-hybridized carbons (Fsp3) is 0.575. The molecule has 1 aromatic rings. The number of ether oxygens (including phenoxy) is 2. The molecule has 66 nitrogen and oxygen atoms in total. The second kappa shape index (κ2) is 90.4. The van der Waals surface area contributed by atoms with Crippen molar-refractivity contribution in [2.24, 2.45) is 160 Å². The monoisotopic (exact) mass is 2040 g/mol. The molecule has 0 saturated carbocycles. The third kappa shape index (κ3) is 98.9. The minimum Gasteiger partial charge on any atom is -0.480 e. The number of nitrogens with two attached hydrogens (primary N) is 20. The number of nitrogens with zero attached hydrogens (tertiary/aromatic N) is 9. The zero-order valence-electron chi connectivity index (χ0n) is 77.3. The maximum absolute atomic E-state index is 11.2. The number of rotatable bonds is 63. The summed E-state index contributed by atoms with van der Waals surface area (Å²) in [6.07, 6.45) is 8.40. The Bertz CT molecular complexity index is 4050. The Balaban J connectivity index is -0.000000234. The van der Waals surface area contributed by atoms with Gasteiger partial charge in [-0.05, 0) is 134 Å². The van der Waals surface area contributed by atoms with E-state index in [1.807, 2.05) is 0 Å². The molecule has 0 spiro atoms. The fourth-order valence-corrected chi connectivity index (χ4v) is 9.31. The molecule has 1 rings (SSSR count). The molecule has 60 N–H and O–H groups in total. The molecule has 0 heterocycles. The summed E-state index contributed by atoms with van der Waals surface area (Å²) in [5.41, 5.74) is 106. The number of aliphatic imine (C=N–C) groups is 9. The lowest BCUT2D eigenvalue weighted by molar-refractivity contribution is -0.145. The highest BCUT2D eigenvalue weighted by Crippen LogP contribution is 2.40. The van der Waals surface area contributed by atoms with Gasteiger partial charge in [0, 0.05) is 84.8 Å². The Morgan fingerprint density at radius 3 is 1.08 bits per heavy atom. The highest BCUT2D eigenvalue weighted by Gasteiger charge is 2.28. The molecule has 1 aromatic carbocycles. The maximum Gasteiger partial charge on any atom is 0.342 e. The van der Waals surface area contributed by atoms with Gasteiger partial charge in [0.25, 0.3) is 12.9 Å². The lowest BCUT2D eigenvalue weighted by Gasteiger charge is -2.19. The zero-order chi connectivity index (χ0) is 109. The Morgan fingerprint density at radius 1 is 0.421 bits per heavy atom. The minimum absolute atomic E-state index is 0.00998. The van der Waals surface area contributed by atoms with Crippen LogP contribution in [-0.2, 0) is 76.4 Å². The molecule has 2 amide bonds. The van der Waals surface area contributed by atoms with Crippen LogP contribution in [0.25, 0.3) is 0 Å². The van der Waals surface area contributed by atoms with E-state index in [-0.39, 0.29) is 137 Å². The second-order valence-electron chi connectivity index (χ2n) is 27.5. The summed E-state index contributed by atoms with van der Waals surface area (Å²) in [6, 6.07) is -2.27. The quantitative estimate of drug-likeness (QED) is 0.00548. The van der Waals surface area contributed by atoms with E-state index in [4.69, 9.17) is 181 Å². The summed E-state index contributed by atoms with van der Waals surface area (Å²) in [7, 11) is -4.15. The Labute approximate surface area is 803 Å². The first-order valence-electron chi connectivity index (χ1n) is 41.5. The summed E-state index contributed by atoms with van der Waals surface area (Å²) in [4.78, 5) is 198. The number of aliphatic carboxylic acids is 9. The van der Waals surface area contributed by atoms with Crippen LogP contribution >= 0.6 is 7.60 Å². The van der Waals surface area contributed by atoms with Crippen LogP contribution in [0.15, 0.2) is 81.9 Å². The summed E-state index contributed by atoms with van der Waals surface area (Å²) < 4.78 is 19.4. The molecule has 10 atom stereocenters. The molecule has 802 valence electrons. The van der Waals surface area contributed by atoms with E-state index in [1.165, 1.54) is 31.2 Å². The van der Waals surface area contributed by atoms with Crippen LogP contribution in [0.5, 0.6) is 0 Å². The number of amides is 2. The van der Waals surface area contributed by atoms with Crippen LogP contribution < -0.4 is 152 Å². The predicted octanol–water partition coefficient (Wildman–Crippen LogP) is -12.4. The topological polar surface area (TPSA) is 1250 Å². The molecule has 0 radical (unpaired) electrons. The van der Waals surface area contributed by atoms with Crippen molar-refractivity contribution in [2.45, 2.75) is 183 Å². The summed E-state index contributed by atoms with van der Waals surface area (Å²) >= 11 is 0. The van der Waals surface area contributed by atoms with Gasteiger partial charge < -0.3 is 201 Å². The van der Waals surface area contributed by atoms with E-state index in [1.54, 1.807) is 11.6 Å². The fourth-order valence-electron chi connectivity index (χ4n) is 8.79. The van der Waals surface area contributed by atoms with Gasteiger partial charge in [-0.2, -0.15) is 0 Å². The zero-order valence-corrected chi connectivity index (χ0v) is 78.2. The van der Waals surface area contributed by atoms with Gasteiger partial charge >= 0.3 is 67.3 Å². The van der Waals surface area contributed by atoms with E-state index in [0.717, 1.165) is 0 Å². The molecule has 0 saturated heterocycles. The first kappa shape index (κ1) is 140. The van der Waals surface area contributed by atoms with Crippen molar-refractivity contribution in [3.05, 3.63) is 42.5 Å². The molecule has 140 heavy (non-hydrogen) atoms. The molecule has 10 unspecified atom stereocenters. The number of aromatic carboxylic acids is 1. The SMILES string of the molecule is C=CCNC(N)=NCCCC(N)C(=O)O.CC(NC(CCCN=C(N)N)C(=O)O)C(=O)O.NC(=NCCCC(N)C(=O)O)NC=O.NC(=NCCCC(N)C(=O)O)NO.NC(N)=NCCCC(N)P(=O)(O)O.NC(N)=NCCCC(NC(CCOC=O)C(=O)O)C(=O)O.NC(N)=NCCCC(NCCOC=O)C(=O)O.NC(N)=Nc1ccc(C(=O)O)cc1.NCCC(=O)NC(CCCN=C(N)N)C(=O)O. The first-order chi connectivity index (χ1) is 65.4. The number of carbonyl (C=O) groups excluding carboxylic acids is 4. The number of hydrogen-bond acceptors (Lipinski definition) is 35. The van der Waals surface area contributed by atoms with Crippen LogP contribution in [0.4, 0.5) is 5.69 Å². The number of benzene rings is 1. The van der Waals surface area contributed by atoms with Gasteiger partial charge in [-0.15, -0.1) is 6.58 Å². The van der Waals surface area contributed by atoms with E-state index >= 15 is 0 Å². The van der Waals surface area contributed by atoms with Gasteiger partial charge in [-0.25, -0.2) is 20.1 Å². The van der Waals surface area contributed by atoms with Crippen molar-refractivity contribution >= 4 is 152 Å². The van der Waals surface area contributed by atoms with Crippen molar-refractivity contribution in [3.8, 4) is 0 Å². The van der Waals surface area contributed by atoms with Gasteiger partial charge in [0.05, 0.1) is 17.9 Å². The maximum atomic E-state index is 11.2. The van der Waals surface area contributed by atoms with Crippen LogP contribution in [0.1, 0.15) is 133 Å². The molecule has 0 bridgehead atoms. The molecular formula is C73H145N36O30P. The highest BCUT2D eigenvalue weighted by atomic mass is 31.2. The van der Waals surface area contributed by atoms with E-state index in [2.05, 4.69) is 92.9 Å². The van der Waals surface area contributed by atoms with Gasteiger partial charge in [-0.1, -0.05) is 6.08 Å². The lowest BCUT2D eigenvalue weighted by Crippen LogP contribution is -2.47. The largest absolute Gasteiger partial charge is 0.480 e. The molecule has 0 aliphatic heterocycles. The van der Waals surface area contributed by atoms with Crippen LogP contribution in [0, 0.1) is 0 Å². The Hall–Kier alpha value is -15.0. The second-order valence-corrected chi connectivity index (χ2v) is 29.4. The van der Waals surface area contributed by atoms with Crippen molar-refractivity contribution in [2.75, 3.05) is 85.2 Å². The number of carboxylic acids is 10. The summed E-state index contributed by atoms with van der Waals surface area (Å²) in [6.45, 7) is 9.23. The number of guanidine groups is 9. The highest BCUT2D eigenvalue weighted by molar-refractivity contribution is 7.52. The van der Waals surface area contributed by atoms with Crippen LogP contribution in [0.2, 0.25) is 0 Å². The molecule has 0 aliphatic carbocycles. The summed E-state index contributed by atoms with van der Waals surface area (Å²) in [5, 5.41) is 110. The van der Waals surface area contributed by atoms with Crippen molar-refractivity contribution in [1.29, 1.82) is 0 Å². The van der Waals surface area contributed by atoms with E-state index in [9.17, 15) is 71.7 Å². The molecule has 67 heteroatoms. The van der Waals surface area contributed by atoms with Gasteiger partial charge in [0.2, 0.25) is 18.3 Å². The lowest BCUT2D eigenvalue weighted by atomic mass is 10.1. The standard InChI is InChI=1S/C11H20N4O6.C9H19N5O3.2C9H18N4O4.C9H18N4O2.C8H9N3O2.C7H14N4O3.C6H14N4O3.C5H15N4O3P/c12-11(13)14-4-1-2-7(9(17)18)15-8(10(19)20)3-5-21-6-16;10-4-3-7(15)14-6(8(16)17)2-1-5-13-9(11)12;1-5(7(14)15)13-6(8(16)17)3-2-4-12-9(10)11;10-9(11)13-3-1-2-7(8(15)16)12-4-5-17-6-14;1-2-5-12-9(11)13-6-3-4-7(10)8(14)15;9-8(10)11-6-3-1-5(2-4-6)7(12)13;8-5(6(13)14)2-1-3-10-7(9)11-4-12;7-4(5(11)12)2-1-3-9-6(8)10-13;6-4(13(10,11)12)2-1-3-9-5(7)8/h6-8,15H,1-5H2,(H,17,18)(H,19,20)(H4,12,13,14);6H,1-5,10H2,(H,14,15)(H,16,17)(H4,11,12,13);5-6,13H,2-4H2,1H3,(H,14,15)(H,16,17)(H4,10,11,12);6-7,12H,1-5H2,(H,15,16)(H4,10,11,13);2,7H,1,3-6,10H2,(H,14,15)(H3,11,12,13);1-4H,(H,12,13)(H4,9,10,11);4-5H,1-3,8H2,(H,13,14)(H3,9,10,11,12);4,13H,1-3,7H2,(H,11,12)(H3,8,9,10);4H,1-3,6H2,(H4,7,8,9)(H2,10,11,12). The first-order valence-corrected chi connectivity index (χ1v) is 43.1. The normalized spacial score (nSPS) is 12.6. The number of hydroxylamine groups is 1. The van der Waals surface area contributed by atoms with E-state index in [0.29, 0.717) is 154 Å². The van der Waals surface area contributed by atoms with Crippen molar-refractivity contribution in [3.63, 3.8) is 0 Å². The third-order valence-corrected chi connectivity index (χ3v) is 16.9. The predicted molar refractivity (Wildman–Crippen MR) is 514 cm³/mol. The number of nitrogens with one attached hydrogen (secondary N) is 7. The Kier molecular flexibility index (Phi) is 90.7. The smallest absolute Gasteiger partial charge is 0.342 e. The van der Waals surface area contributed by atoms with Crippen LogP contribution in [-0.4, -0.2) is 350 Å². The molecule has 0 fully saturated rings. The summed E-state index contributed by atoms with van der Waals surface area (Å²) in [5.74, 6) is -12.2. The Morgan fingerprint density at radius 2 is 0.757 bits per heavy atom. The van der Waals surface area contributed by atoms with E-state index < -0.39 is 127 Å². The average Bonchev–Trinajstić information content (AvgIpc) is 0.888. The molecule has 0 aliphatic rings. The average molecular weight is 2040 g/mol. The number of hydrogen-bond donors (Lipinski definition) is 40. The number of carboxylic acid groups (broad SMARTS) is 10. The van der Waals surface area contributed by atoms with Gasteiger partial charge in [0.15, 0.2) is 47.7 Å². The van der Waals surface area contributed by atoms with Gasteiger partial charge in [0.1, 0.15) is 66.8 Å². The van der Waals surface area contributed by atoms with Crippen LogP contribution in [0.3, 0.4) is 0 Å². The molecular weight excluding hydrogens is 1890 g/mol. The van der Waals surface area contributed by atoms with Crippen molar-refractivity contribution in [1.82, 2.24) is 37.4 Å². The molecule has 0 aromatic heterocycles. The third-order valence-electron chi connectivity index (χ3n) is 15.8. The number of carbonyl (C=O) groups is 14.